The minimum atomic E-state index is 0.0419. The Kier molecular flexibility index (Phi) is 3.11. The first kappa shape index (κ1) is 12.8. The number of rotatable bonds is 2. The van der Waals surface area contributed by atoms with Gasteiger partial charge in [-0.05, 0) is 48.0 Å². The molecule has 2 atom stereocenters. The third-order valence-corrected chi connectivity index (χ3v) is 5.47. The van der Waals surface area contributed by atoms with Gasteiger partial charge in [-0.25, -0.2) is 0 Å². The van der Waals surface area contributed by atoms with E-state index in [1.807, 2.05) is 4.90 Å². The number of nitrogens with one attached hydrogen (secondary N) is 1. The standard InChI is InChI=1S/C14H18BrN3O2/c15-11-12(8-4-5-8)16-17-13(11)14(19)18-6-7-20-10-3-1-2-9(10)18/h8-10H,1-7H2,(H,16,17)/t9-,10+/m0/s1. The second-order valence-corrected chi connectivity index (χ2v) is 6.77. The van der Waals surface area contributed by atoms with Crippen LogP contribution >= 0.6 is 15.9 Å². The number of aromatic nitrogens is 2. The van der Waals surface area contributed by atoms with Crippen molar-refractivity contribution in [2.45, 2.75) is 50.2 Å². The summed E-state index contributed by atoms with van der Waals surface area (Å²) < 4.78 is 6.63. The van der Waals surface area contributed by atoms with Gasteiger partial charge in [0.25, 0.3) is 5.91 Å². The van der Waals surface area contributed by atoms with Crippen molar-refractivity contribution < 1.29 is 9.53 Å². The summed E-state index contributed by atoms with van der Waals surface area (Å²) in [5.41, 5.74) is 1.63. The van der Waals surface area contributed by atoms with Crippen LogP contribution in [0.25, 0.3) is 0 Å². The minimum Gasteiger partial charge on any atom is -0.374 e. The Bertz CT molecular complexity index is 541. The van der Waals surface area contributed by atoms with Gasteiger partial charge < -0.3 is 9.64 Å². The lowest BCUT2D eigenvalue weighted by Crippen LogP contribution is -2.51. The molecule has 1 aromatic rings. The molecule has 0 bridgehead atoms. The molecule has 20 heavy (non-hydrogen) atoms. The number of H-pyrrole nitrogens is 1. The molecule has 3 aliphatic rings. The Morgan fingerprint density at radius 3 is 3.00 bits per heavy atom. The van der Waals surface area contributed by atoms with E-state index in [2.05, 4.69) is 26.1 Å². The minimum absolute atomic E-state index is 0.0419. The largest absolute Gasteiger partial charge is 0.374 e. The number of amides is 1. The first-order chi connectivity index (χ1) is 9.75. The summed E-state index contributed by atoms with van der Waals surface area (Å²) in [5, 5.41) is 7.30. The van der Waals surface area contributed by atoms with Gasteiger partial charge in [0, 0.05) is 12.5 Å². The van der Waals surface area contributed by atoms with E-state index in [9.17, 15) is 4.79 Å². The Balaban J connectivity index is 1.59. The van der Waals surface area contributed by atoms with Crippen LogP contribution in [0.4, 0.5) is 0 Å². The average Bonchev–Trinajstić information content (AvgIpc) is 3.05. The predicted molar refractivity (Wildman–Crippen MR) is 76.7 cm³/mol. The molecule has 1 N–H and O–H groups in total. The molecule has 1 aliphatic heterocycles. The number of carbonyl (C=O) groups is 1. The molecule has 1 amide bonds. The Labute approximate surface area is 126 Å². The lowest BCUT2D eigenvalue weighted by molar-refractivity contribution is -0.0447. The number of carbonyl (C=O) groups excluding carboxylic acids is 1. The van der Waals surface area contributed by atoms with Crippen LogP contribution in [0.2, 0.25) is 0 Å². The highest BCUT2D eigenvalue weighted by molar-refractivity contribution is 9.10. The summed E-state index contributed by atoms with van der Waals surface area (Å²) in [5.74, 6) is 0.600. The third-order valence-electron chi connectivity index (χ3n) is 4.66. The first-order valence-electron chi connectivity index (χ1n) is 7.42. The monoisotopic (exact) mass is 339 g/mol. The molecule has 0 radical (unpaired) electrons. The van der Waals surface area contributed by atoms with Crippen molar-refractivity contribution in [3.8, 4) is 0 Å². The Morgan fingerprint density at radius 1 is 1.35 bits per heavy atom. The molecule has 6 heteroatoms. The molecule has 2 saturated carbocycles. The molecule has 0 aromatic carbocycles. The van der Waals surface area contributed by atoms with Gasteiger partial charge >= 0.3 is 0 Å². The van der Waals surface area contributed by atoms with E-state index in [1.54, 1.807) is 0 Å². The summed E-state index contributed by atoms with van der Waals surface area (Å²) in [4.78, 5) is 14.7. The van der Waals surface area contributed by atoms with Gasteiger partial charge in [0.05, 0.1) is 28.9 Å². The molecule has 2 aliphatic carbocycles. The van der Waals surface area contributed by atoms with Crippen molar-refractivity contribution in [1.82, 2.24) is 15.1 Å². The van der Waals surface area contributed by atoms with E-state index in [1.165, 1.54) is 12.8 Å². The number of aromatic amines is 1. The highest BCUT2D eigenvalue weighted by atomic mass is 79.9. The number of nitrogens with zero attached hydrogens (tertiary/aromatic N) is 2. The zero-order chi connectivity index (χ0) is 13.7. The van der Waals surface area contributed by atoms with Gasteiger partial charge in [0.1, 0.15) is 0 Å². The van der Waals surface area contributed by atoms with Gasteiger partial charge in [-0.1, -0.05) is 0 Å². The van der Waals surface area contributed by atoms with Crippen LogP contribution in [0.15, 0.2) is 4.47 Å². The normalized spacial score (nSPS) is 29.6. The molecule has 4 rings (SSSR count). The van der Waals surface area contributed by atoms with Crippen molar-refractivity contribution in [3.63, 3.8) is 0 Å². The second-order valence-electron chi connectivity index (χ2n) is 5.98. The van der Waals surface area contributed by atoms with Crippen LogP contribution in [0, 0.1) is 0 Å². The van der Waals surface area contributed by atoms with Crippen LogP contribution < -0.4 is 0 Å². The maximum Gasteiger partial charge on any atom is 0.275 e. The maximum atomic E-state index is 12.8. The van der Waals surface area contributed by atoms with Crippen LogP contribution in [0.3, 0.4) is 0 Å². The summed E-state index contributed by atoms with van der Waals surface area (Å²) in [6.07, 6.45) is 5.88. The molecule has 108 valence electrons. The van der Waals surface area contributed by atoms with Crippen molar-refractivity contribution in [2.75, 3.05) is 13.2 Å². The number of hydrogen-bond donors (Lipinski definition) is 1. The predicted octanol–water partition coefficient (Wildman–Crippen LogP) is 2.44. The van der Waals surface area contributed by atoms with E-state index < -0.39 is 0 Å². The van der Waals surface area contributed by atoms with Crippen LogP contribution in [0.5, 0.6) is 0 Å². The molecule has 5 nitrogen and oxygen atoms in total. The van der Waals surface area contributed by atoms with Gasteiger partial charge in [-0.2, -0.15) is 5.10 Å². The Morgan fingerprint density at radius 2 is 2.20 bits per heavy atom. The van der Waals surface area contributed by atoms with Crippen LogP contribution in [-0.4, -0.2) is 46.3 Å². The number of halogens is 1. The topological polar surface area (TPSA) is 58.2 Å². The van der Waals surface area contributed by atoms with Crippen molar-refractivity contribution in [2.24, 2.45) is 0 Å². The van der Waals surface area contributed by atoms with E-state index in [0.29, 0.717) is 24.8 Å². The summed E-state index contributed by atoms with van der Waals surface area (Å²) >= 11 is 3.56. The third kappa shape index (κ3) is 2.00. The fourth-order valence-electron chi connectivity index (χ4n) is 3.44. The zero-order valence-corrected chi connectivity index (χ0v) is 12.9. The lowest BCUT2D eigenvalue weighted by atomic mass is 10.1. The summed E-state index contributed by atoms with van der Waals surface area (Å²) in [6.45, 7) is 1.32. The molecule has 3 fully saturated rings. The molecule has 0 spiro atoms. The smallest absolute Gasteiger partial charge is 0.275 e. The number of hydrogen-bond acceptors (Lipinski definition) is 3. The van der Waals surface area contributed by atoms with Gasteiger partial charge in [0.15, 0.2) is 5.69 Å². The number of morpholine rings is 1. The lowest BCUT2D eigenvalue weighted by Gasteiger charge is -2.37. The fourth-order valence-corrected chi connectivity index (χ4v) is 4.11. The van der Waals surface area contributed by atoms with Crippen molar-refractivity contribution >= 4 is 21.8 Å². The average molecular weight is 340 g/mol. The van der Waals surface area contributed by atoms with Crippen molar-refractivity contribution in [3.05, 3.63) is 15.9 Å². The van der Waals surface area contributed by atoms with Crippen LogP contribution in [0.1, 0.15) is 54.2 Å². The summed E-state index contributed by atoms with van der Waals surface area (Å²) in [7, 11) is 0. The molecule has 1 aromatic heterocycles. The van der Waals surface area contributed by atoms with Gasteiger partial charge in [0.2, 0.25) is 0 Å². The Hall–Kier alpha value is -0.880. The highest BCUT2D eigenvalue weighted by Gasteiger charge is 2.40. The molecular formula is C14H18BrN3O2. The van der Waals surface area contributed by atoms with E-state index in [4.69, 9.17) is 4.74 Å². The summed E-state index contributed by atoms with van der Waals surface area (Å²) in [6, 6.07) is 0.240. The van der Waals surface area contributed by atoms with E-state index in [0.717, 1.165) is 29.4 Å². The molecule has 0 unspecified atom stereocenters. The van der Waals surface area contributed by atoms with Gasteiger partial charge in [-0.3, -0.25) is 9.89 Å². The van der Waals surface area contributed by atoms with E-state index in [-0.39, 0.29) is 18.1 Å². The van der Waals surface area contributed by atoms with Crippen molar-refractivity contribution in [1.29, 1.82) is 0 Å². The maximum absolute atomic E-state index is 12.8. The zero-order valence-electron chi connectivity index (χ0n) is 11.3. The quantitative estimate of drug-likeness (QED) is 0.900. The molecule has 1 saturated heterocycles. The molecule has 2 heterocycles. The SMILES string of the molecule is O=C(c1n[nH]c(C2CC2)c1Br)N1CCO[C@@H]2CCC[C@@H]21. The highest BCUT2D eigenvalue weighted by Crippen LogP contribution is 2.43. The second kappa shape index (κ2) is 4.84. The number of ether oxygens (including phenoxy) is 1. The number of fused-ring (bicyclic) bond motifs is 1. The fraction of sp³-hybridized carbons (Fsp3) is 0.714. The first-order valence-corrected chi connectivity index (χ1v) is 8.21. The molecular weight excluding hydrogens is 322 g/mol. The van der Waals surface area contributed by atoms with E-state index >= 15 is 0 Å². The van der Waals surface area contributed by atoms with Gasteiger partial charge in [-0.15, -0.1) is 0 Å². The van der Waals surface area contributed by atoms with Crippen LogP contribution in [-0.2, 0) is 4.74 Å².